The summed E-state index contributed by atoms with van der Waals surface area (Å²) in [5.41, 5.74) is 3.63. The Kier molecular flexibility index (Phi) is 4.05. The van der Waals surface area contributed by atoms with Gasteiger partial charge in [0.25, 0.3) is 0 Å². The quantitative estimate of drug-likeness (QED) is 0.836. The van der Waals surface area contributed by atoms with Crippen molar-refractivity contribution >= 4 is 6.03 Å². The summed E-state index contributed by atoms with van der Waals surface area (Å²) in [5, 5.41) is 3.14. The number of hydrogen-bond donors (Lipinski definition) is 1. The molecule has 5 heteroatoms. The molecule has 1 aromatic rings. The van der Waals surface area contributed by atoms with E-state index in [1.165, 1.54) is 12.0 Å². The van der Waals surface area contributed by atoms with E-state index in [0.717, 1.165) is 49.2 Å². The van der Waals surface area contributed by atoms with E-state index in [9.17, 15) is 4.79 Å². The second kappa shape index (κ2) is 6.11. The summed E-state index contributed by atoms with van der Waals surface area (Å²) in [5.74, 6) is 0.900. The second-order valence-electron chi connectivity index (χ2n) is 8.62. The summed E-state index contributed by atoms with van der Waals surface area (Å²) < 4.78 is 0. The number of nitrogens with one attached hydrogen (secondary N) is 1. The molecule has 0 spiro atoms. The van der Waals surface area contributed by atoms with Crippen molar-refractivity contribution in [2.75, 3.05) is 6.54 Å². The molecule has 134 valence electrons. The van der Waals surface area contributed by atoms with Crippen molar-refractivity contribution in [2.45, 2.75) is 76.8 Å². The van der Waals surface area contributed by atoms with Gasteiger partial charge in [0, 0.05) is 36.2 Å². The predicted molar refractivity (Wildman–Crippen MR) is 97.4 cm³/mol. The van der Waals surface area contributed by atoms with E-state index in [1.807, 2.05) is 6.20 Å². The third kappa shape index (κ3) is 3.05. The van der Waals surface area contributed by atoms with Gasteiger partial charge in [-0.1, -0.05) is 32.4 Å². The van der Waals surface area contributed by atoms with Gasteiger partial charge in [0.1, 0.15) is 5.82 Å². The minimum Gasteiger partial charge on any atom is -0.334 e. The number of nitrogens with zero attached hydrogens (tertiary/aromatic N) is 3. The molecule has 0 saturated carbocycles. The van der Waals surface area contributed by atoms with Crippen LogP contribution in [0.2, 0.25) is 0 Å². The van der Waals surface area contributed by atoms with E-state index < -0.39 is 0 Å². The Morgan fingerprint density at radius 3 is 2.92 bits per heavy atom. The van der Waals surface area contributed by atoms with Crippen LogP contribution in [0.25, 0.3) is 0 Å². The third-order valence-corrected chi connectivity index (χ3v) is 5.70. The van der Waals surface area contributed by atoms with Gasteiger partial charge >= 0.3 is 6.03 Å². The standard InChI is InChI=1S/C20H28N4O/c1-20(2,3)18-21-12-15-16(23-18)10-14-8-9-17(15)24(14)19(25)22-11-13-6-4-5-7-13/h6,12,14,17H,4-5,7-11H2,1-3H3,(H,22,25). The number of aromatic nitrogens is 2. The summed E-state index contributed by atoms with van der Waals surface area (Å²) >= 11 is 0. The second-order valence-corrected chi connectivity index (χ2v) is 8.62. The maximum absolute atomic E-state index is 12.8. The Morgan fingerprint density at radius 2 is 2.20 bits per heavy atom. The number of fused-ring (bicyclic) bond motifs is 4. The van der Waals surface area contributed by atoms with Crippen LogP contribution >= 0.6 is 0 Å². The Morgan fingerprint density at radius 1 is 1.36 bits per heavy atom. The number of urea groups is 1. The number of amides is 2. The fourth-order valence-electron chi connectivity index (χ4n) is 4.33. The minimum absolute atomic E-state index is 0.0441. The molecule has 1 N–H and O–H groups in total. The maximum atomic E-state index is 12.8. The van der Waals surface area contributed by atoms with Crippen molar-refractivity contribution in [1.82, 2.24) is 20.2 Å². The fraction of sp³-hybridized carbons (Fsp3) is 0.650. The number of carbonyl (C=O) groups excluding carboxylic acids is 1. The van der Waals surface area contributed by atoms with E-state index in [0.29, 0.717) is 6.54 Å². The van der Waals surface area contributed by atoms with E-state index in [2.05, 4.69) is 42.0 Å². The summed E-state index contributed by atoms with van der Waals surface area (Å²) in [6, 6.07) is 0.490. The first-order valence-corrected chi connectivity index (χ1v) is 9.54. The van der Waals surface area contributed by atoms with E-state index in [-0.39, 0.29) is 23.5 Å². The Hall–Kier alpha value is -1.91. The van der Waals surface area contributed by atoms with Gasteiger partial charge in [-0.3, -0.25) is 0 Å². The zero-order valence-corrected chi connectivity index (χ0v) is 15.5. The van der Waals surface area contributed by atoms with E-state index in [1.54, 1.807) is 0 Å². The SMILES string of the molecule is CC(C)(C)c1ncc2c(n1)CC1CCC2N1C(=O)NCC1=CCCC1. The zero-order valence-electron chi connectivity index (χ0n) is 15.5. The number of allylic oxidation sites excluding steroid dienone is 1. The molecular formula is C20H28N4O. The molecule has 0 radical (unpaired) electrons. The summed E-state index contributed by atoms with van der Waals surface area (Å²) in [4.78, 5) is 24.3. The van der Waals surface area contributed by atoms with Crippen LogP contribution in [0.4, 0.5) is 4.79 Å². The largest absolute Gasteiger partial charge is 0.334 e. The molecule has 2 aliphatic heterocycles. The highest BCUT2D eigenvalue weighted by Gasteiger charge is 2.43. The molecule has 5 nitrogen and oxygen atoms in total. The van der Waals surface area contributed by atoms with Gasteiger partial charge in [0.05, 0.1) is 11.7 Å². The van der Waals surface area contributed by atoms with Gasteiger partial charge < -0.3 is 10.2 Å². The highest BCUT2D eigenvalue weighted by atomic mass is 16.2. The lowest BCUT2D eigenvalue weighted by Crippen LogP contribution is -2.47. The van der Waals surface area contributed by atoms with Crippen molar-refractivity contribution in [3.05, 3.63) is 34.9 Å². The van der Waals surface area contributed by atoms with E-state index >= 15 is 0 Å². The van der Waals surface area contributed by atoms with Gasteiger partial charge in [0.15, 0.2) is 0 Å². The van der Waals surface area contributed by atoms with Crippen LogP contribution in [0, 0.1) is 0 Å². The maximum Gasteiger partial charge on any atom is 0.318 e. The van der Waals surface area contributed by atoms with Crippen LogP contribution in [0.5, 0.6) is 0 Å². The van der Waals surface area contributed by atoms with Gasteiger partial charge in [-0.05, 0) is 32.1 Å². The first-order chi connectivity index (χ1) is 11.9. The van der Waals surface area contributed by atoms with Crippen molar-refractivity contribution in [2.24, 2.45) is 0 Å². The highest BCUT2D eigenvalue weighted by Crippen LogP contribution is 2.43. The molecule has 3 aliphatic rings. The van der Waals surface area contributed by atoms with Crippen molar-refractivity contribution in [3.8, 4) is 0 Å². The minimum atomic E-state index is -0.0441. The molecule has 3 heterocycles. The average Bonchev–Trinajstić information content (AvgIpc) is 3.19. The molecule has 2 unspecified atom stereocenters. The van der Waals surface area contributed by atoms with Crippen molar-refractivity contribution in [1.29, 1.82) is 0 Å². The van der Waals surface area contributed by atoms with Gasteiger partial charge in [-0.25, -0.2) is 14.8 Å². The van der Waals surface area contributed by atoms with E-state index in [4.69, 9.17) is 4.98 Å². The van der Waals surface area contributed by atoms with Crippen molar-refractivity contribution < 1.29 is 4.79 Å². The molecule has 1 saturated heterocycles. The fourth-order valence-corrected chi connectivity index (χ4v) is 4.33. The number of rotatable bonds is 2. The molecule has 2 bridgehead atoms. The first-order valence-electron chi connectivity index (χ1n) is 9.54. The van der Waals surface area contributed by atoms with Crippen molar-refractivity contribution in [3.63, 3.8) is 0 Å². The normalized spacial score (nSPS) is 24.9. The monoisotopic (exact) mass is 340 g/mol. The van der Waals surface area contributed by atoms with Crippen LogP contribution in [0.3, 0.4) is 0 Å². The Bertz CT molecular complexity index is 719. The number of hydrogen-bond acceptors (Lipinski definition) is 3. The lowest BCUT2D eigenvalue weighted by molar-refractivity contribution is 0.165. The molecule has 1 aromatic heterocycles. The number of carbonyl (C=O) groups is 1. The van der Waals surface area contributed by atoms with Crippen LogP contribution in [0.1, 0.15) is 76.0 Å². The summed E-state index contributed by atoms with van der Waals surface area (Å²) in [6.07, 6.45) is 10.7. The average molecular weight is 340 g/mol. The van der Waals surface area contributed by atoms with Gasteiger partial charge in [-0.15, -0.1) is 0 Å². The van der Waals surface area contributed by atoms with Gasteiger partial charge in [-0.2, -0.15) is 0 Å². The molecule has 2 amide bonds. The van der Waals surface area contributed by atoms with Crippen LogP contribution < -0.4 is 5.32 Å². The van der Waals surface area contributed by atoms with Crippen LogP contribution in [-0.4, -0.2) is 33.5 Å². The zero-order chi connectivity index (χ0) is 17.6. The Balaban J connectivity index is 1.52. The summed E-state index contributed by atoms with van der Waals surface area (Å²) in [6.45, 7) is 7.12. The van der Waals surface area contributed by atoms with Crippen LogP contribution in [0.15, 0.2) is 17.8 Å². The Labute approximate surface area is 149 Å². The molecule has 1 aliphatic carbocycles. The molecule has 1 fully saturated rings. The van der Waals surface area contributed by atoms with Gasteiger partial charge in [0.2, 0.25) is 0 Å². The molecule has 4 rings (SSSR count). The topological polar surface area (TPSA) is 58.1 Å². The van der Waals surface area contributed by atoms with Crippen LogP contribution in [-0.2, 0) is 11.8 Å². The molecule has 2 atom stereocenters. The highest BCUT2D eigenvalue weighted by molar-refractivity contribution is 5.76. The summed E-state index contributed by atoms with van der Waals surface area (Å²) in [7, 11) is 0. The molecule has 0 aromatic carbocycles. The smallest absolute Gasteiger partial charge is 0.318 e. The first kappa shape index (κ1) is 16.6. The molecular weight excluding hydrogens is 312 g/mol. The molecule has 25 heavy (non-hydrogen) atoms. The third-order valence-electron chi connectivity index (χ3n) is 5.70. The lowest BCUT2D eigenvalue weighted by Gasteiger charge is -2.36. The predicted octanol–water partition coefficient (Wildman–Crippen LogP) is 3.66. The lowest BCUT2D eigenvalue weighted by atomic mass is 9.93.